The molecule has 9 heteroatoms. The van der Waals surface area contributed by atoms with Crippen LogP contribution in [-0.4, -0.2) is 35.5 Å². The Bertz CT molecular complexity index is 1230. The normalized spacial score (nSPS) is 11.5. The maximum Gasteiger partial charge on any atom is 0.263 e. The molecule has 4 rings (SSSR count). The highest BCUT2D eigenvalue weighted by Gasteiger charge is 2.18. The van der Waals surface area contributed by atoms with E-state index in [0.717, 1.165) is 16.9 Å². The van der Waals surface area contributed by atoms with Crippen LogP contribution in [0.1, 0.15) is 5.56 Å². The number of ether oxygens (including phenoxy) is 1. The number of aromatic nitrogens is 4. The zero-order valence-electron chi connectivity index (χ0n) is 15.2. The van der Waals surface area contributed by atoms with Crippen LogP contribution in [0.2, 0.25) is 0 Å². The highest BCUT2D eigenvalue weighted by Crippen LogP contribution is 2.26. The summed E-state index contributed by atoms with van der Waals surface area (Å²) in [7, 11) is -2.20. The molecular formula is C19H17N5O3S. The number of benzene rings is 2. The Hall–Kier alpha value is -3.46. The number of H-pyrrole nitrogens is 1. The molecule has 0 unspecified atom stereocenters. The van der Waals surface area contributed by atoms with Gasteiger partial charge >= 0.3 is 0 Å². The zero-order valence-corrected chi connectivity index (χ0v) is 16.0. The summed E-state index contributed by atoms with van der Waals surface area (Å²) in [6, 6.07) is 13.9. The van der Waals surface area contributed by atoms with E-state index < -0.39 is 10.0 Å². The molecule has 0 atom stereocenters. The highest BCUT2D eigenvalue weighted by atomic mass is 32.2. The summed E-state index contributed by atoms with van der Waals surface area (Å²) in [6.45, 7) is 1.89. The van der Waals surface area contributed by atoms with Crippen LogP contribution in [0.5, 0.6) is 5.75 Å². The number of nitrogens with one attached hydrogen (secondary N) is 2. The molecule has 2 N–H and O–H groups in total. The summed E-state index contributed by atoms with van der Waals surface area (Å²) in [6.07, 6.45) is 1.27. The molecule has 2 aromatic carbocycles. The molecule has 0 radical (unpaired) electrons. The maximum atomic E-state index is 12.7. The quantitative estimate of drug-likeness (QED) is 0.537. The Labute approximate surface area is 161 Å². The average molecular weight is 395 g/mol. The number of aryl methyl sites for hydroxylation is 1. The van der Waals surface area contributed by atoms with E-state index in [1.807, 2.05) is 31.2 Å². The number of sulfonamides is 1. The van der Waals surface area contributed by atoms with Crippen molar-refractivity contribution in [3.63, 3.8) is 0 Å². The fourth-order valence-electron chi connectivity index (χ4n) is 2.70. The van der Waals surface area contributed by atoms with Gasteiger partial charge in [0, 0.05) is 5.56 Å². The Morgan fingerprint density at radius 3 is 2.39 bits per heavy atom. The number of fused-ring (bicyclic) bond motifs is 1. The Kier molecular flexibility index (Phi) is 4.44. The summed E-state index contributed by atoms with van der Waals surface area (Å²) in [5.74, 6) is 1.41. The van der Waals surface area contributed by atoms with E-state index in [0.29, 0.717) is 17.0 Å². The highest BCUT2D eigenvalue weighted by molar-refractivity contribution is 7.92. The third kappa shape index (κ3) is 3.39. The molecular weight excluding hydrogens is 378 g/mol. The van der Waals surface area contributed by atoms with Crippen molar-refractivity contribution in [3.05, 3.63) is 60.4 Å². The lowest BCUT2D eigenvalue weighted by atomic mass is 10.2. The van der Waals surface area contributed by atoms with Crippen LogP contribution < -0.4 is 9.46 Å². The van der Waals surface area contributed by atoms with Crippen LogP contribution in [-0.2, 0) is 10.0 Å². The lowest BCUT2D eigenvalue weighted by Crippen LogP contribution is -2.14. The van der Waals surface area contributed by atoms with Crippen LogP contribution in [0, 0.1) is 6.92 Å². The number of anilines is 1. The minimum Gasteiger partial charge on any atom is -0.497 e. The number of aromatic amines is 1. The molecule has 4 aromatic rings. The number of hydrogen-bond donors (Lipinski definition) is 2. The zero-order chi connectivity index (χ0) is 19.7. The lowest BCUT2D eigenvalue weighted by molar-refractivity contribution is 0.415. The van der Waals surface area contributed by atoms with Crippen LogP contribution in [0.3, 0.4) is 0 Å². The van der Waals surface area contributed by atoms with Crippen molar-refractivity contribution >= 4 is 27.0 Å². The second-order valence-corrected chi connectivity index (χ2v) is 7.84. The van der Waals surface area contributed by atoms with Crippen molar-refractivity contribution in [2.24, 2.45) is 0 Å². The summed E-state index contributed by atoms with van der Waals surface area (Å²) in [5.41, 5.74) is 2.55. The number of rotatable bonds is 5. The first-order chi connectivity index (χ1) is 13.5. The molecule has 2 aromatic heterocycles. The molecule has 0 aliphatic carbocycles. The van der Waals surface area contributed by atoms with Gasteiger partial charge in [0.15, 0.2) is 11.5 Å². The van der Waals surface area contributed by atoms with Crippen molar-refractivity contribution in [1.82, 2.24) is 19.9 Å². The molecule has 0 fully saturated rings. The van der Waals surface area contributed by atoms with Crippen molar-refractivity contribution in [2.45, 2.75) is 11.8 Å². The Balaban J connectivity index is 1.71. The van der Waals surface area contributed by atoms with E-state index in [-0.39, 0.29) is 10.7 Å². The fraction of sp³-hybridized carbons (Fsp3) is 0.105. The average Bonchev–Trinajstić information content (AvgIpc) is 3.14. The fourth-order valence-corrected chi connectivity index (χ4v) is 3.72. The summed E-state index contributed by atoms with van der Waals surface area (Å²) in [5, 5.41) is 0. The molecule has 0 bridgehead atoms. The van der Waals surface area contributed by atoms with Gasteiger partial charge in [0.2, 0.25) is 0 Å². The summed E-state index contributed by atoms with van der Waals surface area (Å²) >= 11 is 0. The molecule has 28 heavy (non-hydrogen) atoms. The molecule has 0 aliphatic rings. The van der Waals surface area contributed by atoms with Crippen molar-refractivity contribution in [2.75, 3.05) is 11.8 Å². The van der Waals surface area contributed by atoms with Crippen molar-refractivity contribution < 1.29 is 13.2 Å². The lowest BCUT2D eigenvalue weighted by Gasteiger charge is -2.07. The van der Waals surface area contributed by atoms with Crippen LogP contribution >= 0.6 is 0 Å². The predicted molar refractivity (Wildman–Crippen MR) is 106 cm³/mol. The summed E-state index contributed by atoms with van der Waals surface area (Å²) in [4.78, 5) is 15.9. The topological polar surface area (TPSA) is 110 Å². The van der Waals surface area contributed by atoms with Crippen molar-refractivity contribution in [1.29, 1.82) is 0 Å². The van der Waals surface area contributed by atoms with E-state index in [9.17, 15) is 8.42 Å². The third-order valence-electron chi connectivity index (χ3n) is 4.21. The van der Waals surface area contributed by atoms with Gasteiger partial charge in [-0.3, -0.25) is 4.72 Å². The van der Waals surface area contributed by atoms with E-state index in [1.54, 1.807) is 31.4 Å². The van der Waals surface area contributed by atoms with Crippen molar-refractivity contribution in [3.8, 4) is 17.1 Å². The molecule has 142 valence electrons. The number of hydrogen-bond acceptors (Lipinski definition) is 6. The van der Waals surface area contributed by atoms with Gasteiger partial charge in [-0.15, -0.1) is 0 Å². The van der Waals surface area contributed by atoms with Crippen LogP contribution in [0.4, 0.5) is 5.82 Å². The second-order valence-electron chi connectivity index (χ2n) is 6.15. The van der Waals surface area contributed by atoms with Gasteiger partial charge in [-0.2, -0.15) is 0 Å². The minimum absolute atomic E-state index is 0.137. The standard InChI is InChI=1S/C19H17N5O3S/c1-12-3-9-15(10-4-12)28(25,26)24-19-16-18(20-11-21-19)23-17(22-16)13-5-7-14(27-2)8-6-13/h3-11H,1-2H3,(H2,20,21,22,23,24). The van der Waals surface area contributed by atoms with Gasteiger partial charge in [0.1, 0.15) is 23.4 Å². The Morgan fingerprint density at radius 1 is 1.00 bits per heavy atom. The van der Waals surface area contributed by atoms with Gasteiger partial charge in [0.05, 0.1) is 12.0 Å². The number of nitrogens with zero attached hydrogens (tertiary/aromatic N) is 3. The predicted octanol–water partition coefficient (Wildman–Crippen LogP) is 3.14. The second kappa shape index (κ2) is 6.93. The van der Waals surface area contributed by atoms with Gasteiger partial charge in [-0.1, -0.05) is 17.7 Å². The maximum absolute atomic E-state index is 12.7. The first kappa shape index (κ1) is 17.9. The smallest absolute Gasteiger partial charge is 0.263 e. The number of imidazole rings is 1. The van der Waals surface area contributed by atoms with Gasteiger partial charge in [-0.05, 0) is 43.3 Å². The van der Waals surface area contributed by atoms with Gasteiger partial charge in [-0.25, -0.2) is 23.4 Å². The first-order valence-electron chi connectivity index (χ1n) is 8.41. The monoisotopic (exact) mass is 395 g/mol. The molecule has 0 saturated heterocycles. The first-order valence-corrected chi connectivity index (χ1v) is 9.89. The van der Waals surface area contributed by atoms with Crippen LogP contribution in [0.15, 0.2) is 59.8 Å². The molecule has 0 aliphatic heterocycles. The molecule has 0 spiro atoms. The molecule has 2 heterocycles. The minimum atomic E-state index is -3.79. The van der Waals surface area contributed by atoms with Gasteiger partial charge < -0.3 is 9.72 Å². The molecule has 8 nitrogen and oxygen atoms in total. The number of methoxy groups -OCH3 is 1. The van der Waals surface area contributed by atoms with E-state index >= 15 is 0 Å². The Morgan fingerprint density at radius 2 is 1.71 bits per heavy atom. The third-order valence-corrected chi connectivity index (χ3v) is 5.57. The van der Waals surface area contributed by atoms with Gasteiger partial charge in [0.25, 0.3) is 10.0 Å². The van der Waals surface area contributed by atoms with Crippen LogP contribution in [0.25, 0.3) is 22.6 Å². The van der Waals surface area contributed by atoms with E-state index in [1.165, 1.54) is 6.33 Å². The largest absolute Gasteiger partial charge is 0.497 e. The SMILES string of the molecule is COc1ccc(-c2nc3ncnc(NS(=O)(=O)c4ccc(C)cc4)c3[nH]2)cc1. The molecule has 0 saturated carbocycles. The van der Waals surface area contributed by atoms with E-state index in [4.69, 9.17) is 4.74 Å². The summed E-state index contributed by atoms with van der Waals surface area (Å²) < 4.78 is 33.0. The van der Waals surface area contributed by atoms with E-state index in [2.05, 4.69) is 24.7 Å². The molecule has 0 amide bonds.